The number of carbonyl (C=O) groups is 2. The summed E-state index contributed by atoms with van der Waals surface area (Å²) in [4.78, 5) is 28.0. The van der Waals surface area contributed by atoms with Crippen LogP contribution in [0.1, 0.15) is 53.0 Å². The Labute approximate surface area is 264 Å². The Morgan fingerprint density at radius 3 is 2.57 bits per heavy atom. The van der Waals surface area contributed by atoms with Gasteiger partial charge in [0, 0.05) is 32.4 Å². The van der Waals surface area contributed by atoms with Crippen molar-refractivity contribution in [1.29, 1.82) is 0 Å². The molecule has 3 aliphatic rings. The Morgan fingerprint density at radius 2 is 1.93 bits per heavy atom. The van der Waals surface area contributed by atoms with Crippen molar-refractivity contribution in [3.63, 3.8) is 0 Å². The molecule has 0 aliphatic carbocycles. The van der Waals surface area contributed by atoms with Crippen molar-refractivity contribution < 1.29 is 43.5 Å². The summed E-state index contributed by atoms with van der Waals surface area (Å²) in [6, 6.07) is 3.66. The van der Waals surface area contributed by atoms with Gasteiger partial charge in [-0.3, -0.25) is 10.1 Å². The van der Waals surface area contributed by atoms with Crippen molar-refractivity contribution >= 4 is 29.3 Å². The third-order valence-corrected chi connectivity index (χ3v) is 9.20. The molecule has 0 aromatic heterocycles. The maximum atomic E-state index is 13.8. The van der Waals surface area contributed by atoms with Gasteiger partial charge in [0.1, 0.15) is 34.7 Å². The summed E-state index contributed by atoms with van der Waals surface area (Å²) in [5.74, 6) is -0.543. The summed E-state index contributed by atoms with van der Waals surface area (Å²) < 4.78 is 29.1. The van der Waals surface area contributed by atoms with E-state index in [-0.39, 0.29) is 29.7 Å². The van der Waals surface area contributed by atoms with E-state index in [1.54, 1.807) is 19.2 Å². The number of hydrogen-bond acceptors (Lipinski definition) is 9. The molecule has 1 aromatic rings. The number of nitrogens with one attached hydrogen (secondary N) is 1. The number of epoxide rings is 1. The minimum absolute atomic E-state index is 0.0212. The monoisotopic (exact) mass is 636 g/mol. The average molecular weight is 637 g/mol. The fourth-order valence-electron chi connectivity index (χ4n) is 5.96. The number of benzene rings is 1. The number of aliphatic hydroxyl groups excluding tert-OH is 1. The number of fused-ring (bicyclic) bond motifs is 5. The van der Waals surface area contributed by atoms with Gasteiger partial charge in [-0.15, -0.1) is 0 Å². The Bertz CT molecular complexity index is 1300. The molecule has 244 valence electrons. The van der Waals surface area contributed by atoms with Crippen LogP contribution in [0.15, 0.2) is 35.9 Å². The number of hydrogen-bond donors (Lipinski definition) is 3. The zero-order chi connectivity index (χ0) is 32.6. The van der Waals surface area contributed by atoms with E-state index in [0.29, 0.717) is 17.9 Å². The number of amides is 2. The van der Waals surface area contributed by atoms with Gasteiger partial charge in [0.25, 0.3) is 0 Å². The average Bonchev–Trinajstić information content (AvgIpc) is 3.66. The van der Waals surface area contributed by atoms with E-state index in [2.05, 4.69) is 5.32 Å². The van der Waals surface area contributed by atoms with E-state index in [1.807, 2.05) is 52.8 Å². The second-order valence-electron chi connectivity index (χ2n) is 12.6. The number of ether oxygens (including phenoxy) is 5. The van der Waals surface area contributed by atoms with Gasteiger partial charge in [0.2, 0.25) is 5.91 Å². The molecule has 1 aromatic carbocycles. The molecule has 0 unspecified atom stereocenters. The van der Waals surface area contributed by atoms with Crippen LogP contribution in [-0.4, -0.2) is 85.5 Å². The summed E-state index contributed by atoms with van der Waals surface area (Å²) in [7, 11) is 4.60. The maximum Gasteiger partial charge on any atom is 0.409 e. The molecule has 3 heterocycles. The number of aliphatic hydroxyl groups is 2. The lowest BCUT2D eigenvalue weighted by atomic mass is 9.83. The second-order valence-corrected chi connectivity index (χ2v) is 12.9. The summed E-state index contributed by atoms with van der Waals surface area (Å²) in [5, 5.41) is 25.1. The lowest BCUT2D eigenvalue weighted by molar-refractivity contribution is -0.177. The second kappa shape index (κ2) is 13.4. The van der Waals surface area contributed by atoms with Crippen LogP contribution in [0, 0.1) is 11.8 Å². The van der Waals surface area contributed by atoms with E-state index in [0.717, 1.165) is 11.1 Å². The molecular weight excluding hydrogens is 592 g/mol. The number of alkyl carbamates (subject to hydrolysis) is 1. The van der Waals surface area contributed by atoms with Crippen LogP contribution < -0.4 is 15.0 Å². The van der Waals surface area contributed by atoms with Crippen molar-refractivity contribution in [2.75, 3.05) is 26.2 Å². The zero-order valence-corrected chi connectivity index (χ0v) is 27.4. The van der Waals surface area contributed by atoms with Crippen LogP contribution in [0.5, 0.6) is 5.75 Å². The molecule has 3 aliphatic heterocycles. The molecule has 12 heteroatoms. The smallest absolute Gasteiger partial charge is 0.409 e. The van der Waals surface area contributed by atoms with Crippen molar-refractivity contribution in [1.82, 2.24) is 5.32 Å². The highest BCUT2D eigenvalue weighted by Crippen LogP contribution is 2.49. The molecule has 0 saturated carbocycles. The molecule has 44 heavy (non-hydrogen) atoms. The minimum Gasteiger partial charge on any atom is -0.495 e. The molecule has 3 N–H and O–H groups in total. The Kier molecular flexibility index (Phi) is 10.4. The van der Waals surface area contributed by atoms with Gasteiger partial charge in [0.05, 0.1) is 25.3 Å². The molecule has 11 nitrogen and oxygen atoms in total. The van der Waals surface area contributed by atoms with Gasteiger partial charge in [0.15, 0.2) is 12.0 Å². The van der Waals surface area contributed by atoms with Gasteiger partial charge < -0.3 is 38.8 Å². The van der Waals surface area contributed by atoms with Crippen LogP contribution >= 0.6 is 11.6 Å². The van der Waals surface area contributed by atoms with Crippen LogP contribution in [0.25, 0.3) is 0 Å². The maximum absolute atomic E-state index is 13.8. The van der Waals surface area contributed by atoms with Crippen LogP contribution in [-0.2, 0) is 30.2 Å². The van der Waals surface area contributed by atoms with E-state index in [4.69, 9.17) is 35.3 Å². The highest BCUT2D eigenvalue weighted by atomic mass is 35.5. The number of nitrogens with zero attached hydrogens (tertiary/aromatic N) is 1. The zero-order valence-electron chi connectivity index (χ0n) is 26.6. The summed E-state index contributed by atoms with van der Waals surface area (Å²) >= 11 is 6.70. The molecule has 0 radical (unpaired) electrons. The number of carbonyl (C=O) groups excluding carboxylic acids is 2. The molecular formula is C32H45ClN2O9. The van der Waals surface area contributed by atoms with Crippen molar-refractivity contribution in [3.05, 3.63) is 46.5 Å². The normalized spacial score (nSPS) is 35.6. The highest BCUT2D eigenvalue weighted by Gasteiger charge is 2.64. The van der Waals surface area contributed by atoms with Gasteiger partial charge in [-0.25, -0.2) is 4.79 Å². The van der Waals surface area contributed by atoms with E-state index < -0.39 is 54.0 Å². The quantitative estimate of drug-likeness (QED) is 0.322. The fraction of sp³-hybridized carbons (Fsp3) is 0.625. The Morgan fingerprint density at radius 1 is 1.23 bits per heavy atom. The predicted octanol–water partition coefficient (Wildman–Crippen LogP) is 4.12. The third kappa shape index (κ3) is 7.08. The van der Waals surface area contributed by atoms with Gasteiger partial charge in [-0.05, 0) is 38.0 Å². The molecule has 0 spiro atoms. The Balaban J connectivity index is 1.79. The summed E-state index contributed by atoms with van der Waals surface area (Å²) in [5.41, 5.74) is -0.465. The highest BCUT2D eigenvalue weighted by molar-refractivity contribution is 6.35. The number of allylic oxidation sites excluding steroid dienone is 3. The van der Waals surface area contributed by atoms with Crippen molar-refractivity contribution in [2.45, 2.75) is 95.9 Å². The third-order valence-electron chi connectivity index (χ3n) is 8.82. The number of anilines is 1. The van der Waals surface area contributed by atoms with Gasteiger partial charge >= 0.3 is 6.09 Å². The predicted molar refractivity (Wildman–Crippen MR) is 165 cm³/mol. The van der Waals surface area contributed by atoms with E-state index >= 15 is 0 Å². The molecule has 4 bridgehead atoms. The SMILES string of the molecule is COc1cc2cc(c1Cl)N(C)C(=O)C[C@H](O[C@H](O)C(C)C)[C@]1(C)O[C@H]1[C@H](C)[C@@H]1C[C@@](O)(NC(=O)O1)[C@H](OC)/C=C\C=C(\C)C2. The van der Waals surface area contributed by atoms with Gasteiger partial charge in [-0.2, -0.15) is 0 Å². The van der Waals surface area contributed by atoms with Crippen LogP contribution in [0.4, 0.5) is 10.5 Å². The van der Waals surface area contributed by atoms with Crippen molar-refractivity contribution in [3.8, 4) is 5.75 Å². The molecule has 2 saturated heterocycles. The number of halogens is 1. The molecule has 8 atom stereocenters. The lowest BCUT2D eigenvalue weighted by Crippen LogP contribution is -2.63. The standard InChI is InChI=1S/C32H45ClN2O9/c1-17(2)29(37)43-25-15-26(36)35(6)21-13-20(14-22(40-7)27(21)33)12-18(3)10-9-11-24(41-8)32(39)16-23(42-30(38)34-32)19(4)28-31(25,5)44-28/h9-11,13-14,17,19,23-25,28-29,37,39H,12,15-16H2,1-8H3,(H,34,38)/b11-9-,18-10-/t19-,23+,24-,25+,28+,29+,31+,32+/m1/s1. The summed E-state index contributed by atoms with van der Waals surface area (Å²) in [6.45, 7) is 9.22. The first-order valence-corrected chi connectivity index (χ1v) is 15.2. The molecule has 4 rings (SSSR count). The first-order chi connectivity index (χ1) is 20.6. The molecule has 2 fully saturated rings. The first kappa shape index (κ1) is 34.2. The van der Waals surface area contributed by atoms with E-state index in [9.17, 15) is 19.8 Å². The number of methoxy groups -OCH3 is 2. The summed E-state index contributed by atoms with van der Waals surface area (Å²) in [6.07, 6.45) is 0.797. The minimum atomic E-state index is -1.75. The largest absolute Gasteiger partial charge is 0.495 e. The Hall–Kier alpha value is -2.67. The van der Waals surface area contributed by atoms with Crippen LogP contribution in [0.2, 0.25) is 5.02 Å². The van der Waals surface area contributed by atoms with E-state index in [1.165, 1.54) is 19.1 Å². The van der Waals surface area contributed by atoms with Crippen LogP contribution in [0.3, 0.4) is 0 Å². The number of rotatable bonds is 5. The first-order valence-electron chi connectivity index (χ1n) is 14.9. The van der Waals surface area contributed by atoms with Gasteiger partial charge in [-0.1, -0.05) is 56.2 Å². The topological polar surface area (TPSA) is 139 Å². The van der Waals surface area contributed by atoms with Crippen molar-refractivity contribution in [2.24, 2.45) is 11.8 Å². The fourth-order valence-corrected chi connectivity index (χ4v) is 6.27. The molecule has 2 amide bonds. The lowest BCUT2D eigenvalue weighted by Gasteiger charge is -2.42.